The third-order valence-corrected chi connectivity index (χ3v) is 4.31. The van der Waals surface area contributed by atoms with E-state index in [1.807, 2.05) is 18.2 Å². The second-order valence-corrected chi connectivity index (χ2v) is 6.25. The highest BCUT2D eigenvalue weighted by Crippen LogP contribution is 2.23. The monoisotopic (exact) mass is 349 g/mol. The molecule has 1 aromatic heterocycles. The van der Waals surface area contributed by atoms with Crippen molar-refractivity contribution in [2.75, 3.05) is 6.54 Å². The number of nitrogens with zero attached hydrogens (tertiary/aromatic N) is 4. The molecular formula is C17H24ClN5O. The molecule has 1 atom stereocenters. The van der Waals surface area contributed by atoms with E-state index in [-0.39, 0.29) is 12.5 Å². The molecule has 0 unspecified atom stereocenters. The van der Waals surface area contributed by atoms with Gasteiger partial charge in [0.05, 0.1) is 5.02 Å². The first-order valence-electron chi connectivity index (χ1n) is 8.43. The number of hydrogen-bond donors (Lipinski definition) is 1. The van der Waals surface area contributed by atoms with Crippen LogP contribution in [0.15, 0.2) is 24.3 Å². The number of carbonyl (C=O) groups excluding carboxylic acids is 1. The van der Waals surface area contributed by atoms with Crippen molar-refractivity contribution in [2.45, 2.75) is 46.1 Å². The first kappa shape index (κ1) is 18.4. The number of benzene rings is 1. The normalized spacial score (nSPS) is 12.1. The zero-order valence-corrected chi connectivity index (χ0v) is 15.0. The Hall–Kier alpha value is -1.95. The third kappa shape index (κ3) is 5.30. The quantitative estimate of drug-likeness (QED) is 0.753. The predicted octanol–water partition coefficient (Wildman–Crippen LogP) is 3.33. The highest BCUT2D eigenvalue weighted by molar-refractivity contribution is 6.33. The highest BCUT2D eigenvalue weighted by atomic mass is 35.5. The average Bonchev–Trinajstić information content (AvgIpc) is 3.03. The summed E-state index contributed by atoms with van der Waals surface area (Å²) >= 11 is 6.12. The van der Waals surface area contributed by atoms with Gasteiger partial charge in [-0.15, -0.1) is 10.2 Å². The van der Waals surface area contributed by atoms with Gasteiger partial charge in [-0.1, -0.05) is 56.8 Å². The van der Waals surface area contributed by atoms with Crippen LogP contribution >= 0.6 is 11.6 Å². The summed E-state index contributed by atoms with van der Waals surface area (Å²) in [6.07, 6.45) is 4.59. The zero-order chi connectivity index (χ0) is 17.4. The SMILES string of the molecule is CCCC[C@H](CC)CNC(=O)Cn1nnc(-c2ccccc2Cl)n1. The molecule has 6 nitrogen and oxygen atoms in total. The maximum absolute atomic E-state index is 12.1. The van der Waals surface area contributed by atoms with Crippen LogP contribution in [0.25, 0.3) is 11.4 Å². The third-order valence-electron chi connectivity index (χ3n) is 3.98. The summed E-state index contributed by atoms with van der Waals surface area (Å²) in [5.41, 5.74) is 0.705. The smallest absolute Gasteiger partial charge is 0.243 e. The Morgan fingerprint density at radius 2 is 2.12 bits per heavy atom. The van der Waals surface area contributed by atoms with Crippen LogP contribution in [0.5, 0.6) is 0 Å². The molecule has 1 N–H and O–H groups in total. The van der Waals surface area contributed by atoms with Gasteiger partial charge in [-0.3, -0.25) is 4.79 Å². The molecule has 0 spiro atoms. The first-order valence-corrected chi connectivity index (χ1v) is 8.81. The van der Waals surface area contributed by atoms with E-state index in [1.165, 1.54) is 17.6 Å². The predicted molar refractivity (Wildman–Crippen MR) is 94.6 cm³/mol. The summed E-state index contributed by atoms with van der Waals surface area (Å²) in [4.78, 5) is 13.3. The lowest BCUT2D eigenvalue weighted by molar-refractivity contribution is -0.122. The maximum Gasteiger partial charge on any atom is 0.243 e. The molecule has 0 bridgehead atoms. The fraction of sp³-hybridized carbons (Fsp3) is 0.529. The van der Waals surface area contributed by atoms with Gasteiger partial charge in [0.15, 0.2) is 0 Å². The zero-order valence-electron chi connectivity index (χ0n) is 14.2. The molecule has 7 heteroatoms. The largest absolute Gasteiger partial charge is 0.354 e. The van der Waals surface area contributed by atoms with Gasteiger partial charge in [0.1, 0.15) is 6.54 Å². The Morgan fingerprint density at radius 1 is 1.33 bits per heavy atom. The van der Waals surface area contributed by atoms with Crippen molar-refractivity contribution in [3.8, 4) is 11.4 Å². The molecule has 2 aromatic rings. The van der Waals surface area contributed by atoms with Crippen LogP contribution in [0, 0.1) is 5.92 Å². The Bertz CT molecular complexity index is 658. The van der Waals surface area contributed by atoms with E-state index >= 15 is 0 Å². The number of rotatable bonds is 9. The lowest BCUT2D eigenvalue weighted by atomic mass is 9.99. The number of nitrogens with one attached hydrogen (secondary N) is 1. The maximum atomic E-state index is 12.1. The van der Waals surface area contributed by atoms with Crippen LogP contribution < -0.4 is 5.32 Å². The van der Waals surface area contributed by atoms with E-state index in [0.29, 0.717) is 28.9 Å². The summed E-state index contributed by atoms with van der Waals surface area (Å²) < 4.78 is 0. The molecule has 1 aromatic carbocycles. The van der Waals surface area contributed by atoms with Crippen LogP contribution in [0.2, 0.25) is 5.02 Å². The van der Waals surface area contributed by atoms with Gasteiger partial charge in [-0.05, 0) is 29.7 Å². The molecule has 0 aliphatic rings. The summed E-state index contributed by atoms with van der Waals surface area (Å²) in [6, 6.07) is 7.29. The number of aromatic nitrogens is 4. The highest BCUT2D eigenvalue weighted by Gasteiger charge is 2.12. The van der Waals surface area contributed by atoms with Crippen molar-refractivity contribution in [2.24, 2.45) is 5.92 Å². The van der Waals surface area contributed by atoms with E-state index in [4.69, 9.17) is 11.6 Å². The molecule has 0 fully saturated rings. The summed E-state index contributed by atoms with van der Waals surface area (Å²) in [5, 5.41) is 15.6. The van der Waals surface area contributed by atoms with Gasteiger partial charge in [0.25, 0.3) is 0 Å². The van der Waals surface area contributed by atoms with Crippen LogP contribution in [0.3, 0.4) is 0 Å². The van der Waals surface area contributed by atoms with Crippen molar-refractivity contribution in [1.82, 2.24) is 25.5 Å². The first-order chi connectivity index (χ1) is 11.6. The minimum atomic E-state index is -0.104. The van der Waals surface area contributed by atoms with Gasteiger partial charge in [0.2, 0.25) is 11.7 Å². The van der Waals surface area contributed by atoms with Gasteiger partial charge in [-0.25, -0.2) is 0 Å². The van der Waals surface area contributed by atoms with Crippen molar-refractivity contribution in [3.63, 3.8) is 0 Å². The molecule has 0 saturated carbocycles. The molecule has 130 valence electrons. The molecule has 1 amide bonds. The summed E-state index contributed by atoms with van der Waals surface area (Å²) in [7, 11) is 0. The van der Waals surface area contributed by atoms with Gasteiger partial charge in [0, 0.05) is 12.1 Å². The minimum absolute atomic E-state index is 0.0572. The Kier molecular flexibility index (Phi) is 7.18. The number of tetrazole rings is 1. The van der Waals surface area contributed by atoms with Gasteiger partial charge >= 0.3 is 0 Å². The van der Waals surface area contributed by atoms with E-state index in [2.05, 4.69) is 34.6 Å². The summed E-state index contributed by atoms with van der Waals surface area (Å²) in [5.74, 6) is 0.840. The second kappa shape index (κ2) is 9.37. The number of halogens is 1. The van der Waals surface area contributed by atoms with E-state index < -0.39 is 0 Å². The molecule has 24 heavy (non-hydrogen) atoms. The molecule has 0 aliphatic heterocycles. The van der Waals surface area contributed by atoms with E-state index in [9.17, 15) is 4.79 Å². The van der Waals surface area contributed by atoms with Crippen molar-refractivity contribution in [1.29, 1.82) is 0 Å². The second-order valence-electron chi connectivity index (χ2n) is 5.84. The topological polar surface area (TPSA) is 72.7 Å². The number of hydrogen-bond acceptors (Lipinski definition) is 4. The minimum Gasteiger partial charge on any atom is -0.354 e. The van der Waals surface area contributed by atoms with Crippen LogP contribution in [-0.2, 0) is 11.3 Å². The Balaban J connectivity index is 1.88. The van der Waals surface area contributed by atoms with Crippen molar-refractivity contribution < 1.29 is 4.79 Å². The molecule has 1 heterocycles. The summed E-state index contributed by atoms with van der Waals surface area (Å²) in [6.45, 7) is 5.09. The Morgan fingerprint density at radius 3 is 2.83 bits per heavy atom. The van der Waals surface area contributed by atoms with Gasteiger partial charge in [-0.2, -0.15) is 4.80 Å². The average molecular weight is 350 g/mol. The number of carbonyl (C=O) groups is 1. The van der Waals surface area contributed by atoms with Crippen LogP contribution in [-0.4, -0.2) is 32.7 Å². The van der Waals surface area contributed by atoms with Crippen molar-refractivity contribution in [3.05, 3.63) is 29.3 Å². The molecule has 0 saturated heterocycles. The van der Waals surface area contributed by atoms with Crippen molar-refractivity contribution >= 4 is 17.5 Å². The number of amides is 1. The van der Waals surface area contributed by atoms with Crippen LogP contribution in [0.4, 0.5) is 0 Å². The lowest BCUT2D eigenvalue weighted by Crippen LogP contribution is -2.32. The van der Waals surface area contributed by atoms with E-state index in [1.54, 1.807) is 6.07 Å². The molecule has 0 aliphatic carbocycles. The fourth-order valence-electron chi connectivity index (χ4n) is 2.45. The molecule has 0 radical (unpaired) electrons. The van der Waals surface area contributed by atoms with Gasteiger partial charge < -0.3 is 5.32 Å². The number of unbranched alkanes of at least 4 members (excludes halogenated alkanes) is 1. The lowest BCUT2D eigenvalue weighted by Gasteiger charge is -2.14. The molecule has 2 rings (SSSR count). The van der Waals surface area contributed by atoms with E-state index in [0.717, 1.165) is 12.8 Å². The Labute approximate surface area is 147 Å². The molecular weight excluding hydrogens is 326 g/mol. The fourth-order valence-corrected chi connectivity index (χ4v) is 2.67. The van der Waals surface area contributed by atoms with Crippen LogP contribution in [0.1, 0.15) is 39.5 Å². The standard InChI is InChI=1S/C17H24ClN5O/c1-3-5-8-13(4-2)11-19-16(24)12-23-21-17(20-22-23)14-9-6-7-10-15(14)18/h6-7,9-10,13H,3-5,8,11-12H2,1-2H3,(H,19,24)/t13-/m0/s1.